The van der Waals surface area contributed by atoms with Crippen molar-refractivity contribution < 1.29 is 0 Å². The van der Waals surface area contributed by atoms with Gasteiger partial charge in [0.15, 0.2) is 0 Å². The summed E-state index contributed by atoms with van der Waals surface area (Å²) in [4.78, 5) is 2.42. The van der Waals surface area contributed by atoms with E-state index in [0.717, 1.165) is 26.2 Å². The average molecular weight is 234 g/mol. The predicted octanol–water partition coefficient (Wildman–Crippen LogP) is 3.42. The quantitative estimate of drug-likeness (QED) is 0.693. The highest BCUT2D eigenvalue weighted by atomic mass is 15.1. The molecular formula is C15H26N2. The first-order valence-electron chi connectivity index (χ1n) is 6.86. The van der Waals surface area contributed by atoms with Gasteiger partial charge in [-0.3, -0.25) is 0 Å². The van der Waals surface area contributed by atoms with Gasteiger partial charge in [0.1, 0.15) is 0 Å². The van der Waals surface area contributed by atoms with Crippen LogP contribution in [0.15, 0.2) is 24.3 Å². The van der Waals surface area contributed by atoms with Crippen LogP contribution < -0.4 is 10.2 Å². The molecule has 0 atom stereocenters. The molecule has 0 unspecified atom stereocenters. The molecule has 0 saturated carbocycles. The van der Waals surface area contributed by atoms with Crippen molar-refractivity contribution in [2.75, 3.05) is 24.5 Å². The van der Waals surface area contributed by atoms with Gasteiger partial charge < -0.3 is 10.2 Å². The first kappa shape index (κ1) is 14.0. The van der Waals surface area contributed by atoms with Crippen LogP contribution in [0.25, 0.3) is 0 Å². The monoisotopic (exact) mass is 234 g/mol. The number of hydrogen-bond acceptors (Lipinski definition) is 2. The van der Waals surface area contributed by atoms with Crippen LogP contribution in [0.5, 0.6) is 0 Å². The lowest BCUT2D eigenvalue weighted by Crippen LogP contribution is -2.23. The summed E-state index contributed by atoms with van der Waals surface area (Å²) in [5.41, 5.74) is 2.71. The zero-order valence-electron chi connectivity index (χ0n) is 11.5. The van der Waals surface area contributed by atoms with Crippen molar-refractivity contribution in [3.63, 3.8) is 0 Å². The number of hydrogen-bond donors (Lipinski definition) is 1. The maximum absolute atomic E-state index is 3.43. The third-order valence-corrected chi connectivity index (χ3v) is 2.93. The largest absolute Gasteiger partial charge is 0.372 e. The van der Waals surface area contributed by atoms with E-state index in [0.29, 0.717) is 0 Å². The maximum Gasteiger partial charge on any atom is 0.0366 e. The highest BCUT2D eigenvalue weighted by molar-refractivity contribution is 5.47. The minimum atomic E-state index is 0.980. The van der Waals surface area contributed by atoms with E-state index in [9.17, 15) is 0 Å². The summed E-state index contributed by atoms with van der Waals surface area (Å²) in [5, 5.41) is 3.43. The SMILES string of the molecule is CCCNCc1ccc(N(CC)CCC)cc1. The molecule has 0 aromatic heterocycles. The first-order valence-corrected chi connectivity index (χ1v) is 6.86. The summed E-state index contributed by atoms with van der Waals surface area (Å²) in [5.74, 6) is 0. The van der Waals surface area contributed by atoms with Crippen LogP contribution in [-0.2, 0) is 6.54 Å². The molecule has 0 heterocycles. The second-order valence-corrected chi connectivity index (χ2v) is 4.42. The number of nitrogens with one attached hydrogen (secondary N) is 1. The highest BCUT2D eigenvalue weighted by Crippen LogP contribution is 2.15. The third-order valence-electron chi connectivity index (χ3n) is 2.93. The third kappa shape index (κ3) is 4.78. The van der Waals surface area contributed by atoms with Crippen LogP contribution in [0, 0.1) is 0 Å². The molecule has 0 aliphatic carbocycles. The van der Waals surface area contributed by atoms with Gasteiger partial charge in [0.05, 0.1) is 0 Å². The molecule has 0 amide bonds. The predicted molar refractivity (Wildman–Crippen MR) is 76.6 cm³/mol. The van der Waals surface area contributed by atoms with Crippen LogP contribution >= 0.6 is 0 Å². The number of benzene rings is 1. The van der Waals surface area contributed by atoms with E-state index in [1.807, 2.05) is 0 Å². The second kappa shape index (κ2) is 8.13. The molecule has 17 heavy (non-hydrogen) atoms. The zero-order chi connectivity index (χ0) is 12.5. The van der Waals surface area contributed by atoms with E-state index >= 15 is 0 Å². The molecule has 2 heteroatoms. The Kier molecular flexibility index (Phi) is 6.71. The molecule has 0 aliphatic heterocycles. The fraction of sp³-hybridized carbons (Fsp3) is 0.600. The summed E-state index contributed by atoms with van der Waals surface area (Å²) >= 11 is 0. The van der Waals surface area contributed by atoms with Crippen molar-refractivity contribution in [1.82, 2.24) is 5.32 Å². The van der Waals surface area contributed by atoms with Crippen molar-refractivity contribution in [2.24, 2.45) is 0 Å². The lowest BCUT2D eigenvalue weighted by atomic mass is 10.2. The zero-order valence-corrected chi connectivity index (χ0v) is 11.5. The van der Waals surface area contributed by atoms with Gasteiger partial charge in [-0.1, -0.05) is 26.0 Å². The van der Waals surface area contributed by atoms with E-state index in [1.165, 1.54) is 24.1 Å². The Morgan fingerprint density at radius 3 is 2.24 bits per heavy atom. The fourth-order valence-corrected chi connectivity index (χ4v) is 1.97. The molecule has 1 aromatic carbocycles. The normalized spacial score (nSPS) is 10.5. The molecule has 0 fully saturated rings. The number of nitrogens with zero attached hydrogens (tertiary/aromatic N) is 1. The van der Waals surface area contributed by atoms with Gasteiger partial charge in [-0.2, -0.15) is 0 Å². The van der Waals surface area contributed by atoms with Crippen molar-refractivity contribution in [3.05, 3.63) is 29.8 Å². The van der Waals surface area contributed by atoms with Crippen molar-refractivity contribution >= 4 is 5.69 Å². The minimum Gasteiger partial charge on any atom is -0.372 e. The fourth-order valence-electron chi connectivity index (χ4n) is 1.97. The second-order valence-electron chi connectivity index (χ2n) is 4.42. The summed E-state index contributed by atoms with van der Waals surface area (Å²) in [6.07, 6.45) is 2.39. The molecule has 96 valence electrons. The Labute approximate surface area is 106 Å². The molecule has 0 spiro atoms. The van der Waals surface area contributed by atoms with Gasteiger partial charge in [0, 0.05) is 25.3 Å². The Hall–Kier alpha value is -1.02. The highest BCUT2D eigenvalue weighted by Gasteiger charge is 2.02. The van der Waals surface area contributed by atoms with Crippen LogP contribution in [0.4, 0.5) is 5.69 Å². The van der Waals surface area contributed by atoms with E-state index in [2.05, 4.69) is 55.3 Å². The molecule has 1 aromatic rings. The molecular weight excluding hydrogens is 208 g/mol. The molecule has 0 aliphatic rings. The van der Waals surface area contributed by atoms with E-state index in [4.69, 9.17) is 0 Å². The summed E-state index contributed by atoms with van der Waals surface area (Å²) in [6, 6.07) is 8.94. The first-order chi connectivity index (χ1) is 8.31. The molecule has 0 radical (unpaired) electrons. The van der Waals surface area contributed by atoms with Gasteiger partial charge in [-0.15, -0.1) is 0 Å². The van der Waals surface area contributed by atoms with Crippen LogP contribution in [0.2, 0.25) is 0 Å². The lowest BCUT2D eigenvalue weighted by molar-refractivity contribution is 0.675. The van der Waals surface area contributed by atoms with E-state index in [1.54, 1.807) is 0 Å². The van der Waals surface area contributed by atoms with Gasteiger partial charge in [-0.25, -0.2) is 0 Å². The standard InChI is InChI=1S/C15H26N2/c1-4-11-16-13-14-7-9-15(10-8-14)17(6-3)12-5-2/h7-10,16H,4-6,11-13H2,1-3H3. The molecule has 0 bridgehead atoms. The van der Waals surface area contributed by atoms with Crippen molar-refractivity contribution in [2.45, 2.75) is 40.2 Å². The van der Waals surface area contributed by atoms with Gasteiger partial charge in [-0.05, 0) is 44.0 Å². The van der Waals surface area contributed by atoms with Crippen LogP contribution in [-0.4, -0.2) is 19.6 Å². The minimum absolute atomic E-state index is 0.980. The number of rotatable bonds is 8. The lowest BCUT2D eigenvalue weighted by Gasteiger charge is -2.22. The summed E-state index contributed by atoms with van der Waals surface area (Å²) in [6.45, 7) is 10.9. The summed E-state index contributed by atoms with van der Waals surface area (Å²) < 4.78 is 0. The van der Waals surface area contributed by atoms with Gasteiger partial charge >= 0.3 is 0 Å². The Bertz CT molecular complexity index is 292. The summed E-state index contributed by atoms with van der Waals surface area (Å²) in [7, 11) is 0. The van der Waals surface area contributed by atoms with E-state index in [-0.39, 0.29) is 0 Å². The van der Waals surface area contributed by atoms with E-state index < -0.39 is 0 Å². The Morgan fingerprint density at radius 1 is 1.00 bits per heavy atom. The van der Waals surface area contributed by atoms with Gasteiger partial charge in [0.2, 0.25) is 0 Å². The Balaban J connectivity index is 2.53. The van der Waals surface area contributed by atoms with Crippen molar-refractivity contribution in [1.29, 1.82) is 0 Å². The van der Waals surface area contributed by atoms with Gasteiger partial charge in [0.25, 0.3) is 0 Å². The van der Waals surface area contributed by atoms with Crippen LogP contribution in [0.1, 0.15) is 39.2 Å². The number of anilines is 1. The molecule has 1 N–H and O–H groups in total. The molecule has 1 rings (SSSR count). The topological polar surface area (TPSA) is 15.3 Å². The molecule has 2 nitrogen and oxygen atoms in total. The smallest absolute Gasteiger partial charge is 0.0366 e. The van der Waals surface area contributed by atoms with Crippen molar-refractivity contribution in [3.8, 4) is 0 Å². The molecule has 0 saturated heterocycles. The Morgan fingerprint density at radius 2 is 1.71 bits per heavy atom. The maximum atomic E-state index is 3.43. The average Bonchev–Trinajstić information content (AvgIpc) is 2.37. The van der Waals surface area contributed by atoms with Crippen LogP contribution in [0.3, 0.4) is 0 Å².